The van der Waals surface area contributed by atoms with E-state index >= 15 is 0 Å². The molecule has 2 N–H and O–H groups in total. The van der Waals surface area contributed by atoms with Crippen LogP contribution < -0.4 is 14.8 Å². The molecule has 0 spiro atoms. The van der Waals surface area contributed by atoms with E-state index in [1.165, 1.54) is 11.3 Å². The highest BCUT2D eigenvalue weighted by Gasteiger charge is 2.31. The molecule has 2 heterocycles. The summed E-state index contributed by atoms with van der Waals surface area (Å²) in [5.41, 5.74) is 3.19. The zero-order valence-corrected chi connectivity index (χ0v) is 15.4. The van der Waals surface area contributed by atoms with Gasteiger partial charge in [-0.1, -0.05) is 6.07 Å². The minimum atomic E-state index is -0.128. The van der Waals surface area contributed by atoms with Crippen molar-refractivity contribution < 1.29 is 14.3 Å². The molecule has 1 aliphatic carbocycles. The van der Waals surface area contributed by atoms with Crippen molar-refractivity contribution >= 4 is 22.9 Å². The fourth-order valence-corrected chi connectivity index (χ4v) is 3.54. The van der Waals surface area contributed by atoms with Gasteiger partial charge in [-0.2, -0.15) is 5.10 Å². The normalized spacial score (nSPS) is 13.5. The van der Waals surface area contributed by atoms with Gasteiger partial charge >= 0.3 is 0 Å². The quantitative estimate of drug-likeness (QED) is 0.680. The number of hydrogen-bond donors (Lipinski definition) is 2. The predicted molar refractivity (Wildman–Crippen MR) is 101 cm³/mol. The summed E-state index contributed by atoms with van der Waals surface area (Å²) in [4.78, 5) is 13.3. The summed E-state index contributed by atoms with van der Waals surface area (Å²) in [6, 6.07) is 9.24. The molecule has 0 radical (unpaired) electrons. The largest absolute Gasteiger partial charge is 0.497 e. The van der Waals surface area contributed by atoms with Crippen LogP contribution in [0.1, 0.15) is 34.1 Å². The van der Waals surface area contributed by atoms with Crippen molar-refractivity contribution in [1.82, 2.24) is 10.2 Å². The second-order valence-electron chi connectivity index (χ2n) is 6.13. The molecule has 134 valence electrons. The van der Waals surface area contributed by atoms with Gasteiger partial charge < -0.3 is 14.8 Å². The Kier molecular flexibility index (Phi) is 4.38. The number of nitrogens with zero attached hydrogens (tertiary/aromatic N) is 1. The van der Waals surface area contributed by atoms with Crippen LogP contribution in [-0.2, 0) is 0 Å². The summed E-state index contributed by atoms with van der Waals surface area (Å²) in [6.45, 7) is 0. The Morgan fingerprint density at radius 3 is 2.77 bits per heavy atom. The van der Waals surface area contributed by atoms with Gasteiger partial charge in [-0.05, 0) is 36.4 Å². The zero-order valence-electron chi connectivity index (χ0n) is 14.5. The summed E-state index contributed by atoms with van der Waals surface area (Å²) >= 11 is 1.41. The highest BCUT2D eigenvalue weighted by Crippen LogP contribution is 2.46. The van der Waals surface area contributed by atoms with Crippen LogP contribution in [0.4, 0.5) is 5.69 Å². The van der Waals surface area contributed by atoms with E-state index in [1.807, 2.05) is 35.7 Å². The fraction of sp³-hybridized carbons (Fsp3) is 0.263. The first kappa shape index (κ1) is 16.7. The molecule has 4 rings (SSSR count). The van der Waals surface area contributed by atoms with Crippen molar-refractivity contribution in [2.45, 2.75) is 18.8 Å². The summed E-state index contributed by atoms with van der Waals surface area (Å²) in [7, 11) is 3.22. The zero-order chi connectivity index (χ0) is 18.1. The second-order valence-corrected chi connectivity index (χ2v) is 7.08. The Balaban J connectivity index is 1.76. The van der Waals surface area contributed by atoms with Crippen LogP contribution >= 0.6 is 11.3 Å². The summed E-state index contributed by atoms with van der Waals surface area (Å²) in [5.74, 6) is 1.63. The first-order valence-corrected chi connectivity index (χ1v) is 9.24. The number of amides is 1. The molecule has 0 saturated heterocycles. The molecule has 1 amide bonds. The van der Waals surface area contributed by atoms with E-state index in [0.717, 1.165) is 29.8 Å². The van der Waals surface area contributed by atoms with Gasteiger partial charge in [0, 0.05) is 17.5 Å². The summed E-state index contributed by atoms with van der Waals surface area (Å²) in [6.07, 6.45) is 2.20. The highest BCUT2D eigenvalue weighted by molar-refractivity contribution is 7.12. The Labute approximate surface area is 155 Å². The lowest BCUT2D eigenvalue weighted by molar-refractivity contribution is 0.103. The van der Waals surface area contributed by atoms with E-state index in [4.69, 9.17) is 9.47 Å². The van der Waals surface area contributed by atoms with Gasteiger partial charge in [0.1, 0.15) is 17.2 Å². The van der Waals surface area contributed by atoms with E-state index in [-0.39, 0.29) is 5.91 Å². The molecule has 0 unspecified atom stereocenters. The summed E-state index contributed by atoms with van der Waals surface area (Å²) in [5, 5.41) is 12.5. The van der Waals surface area contributed by atoms with Gasteiger partial charge in [0.05, 0.1) is 30.5 Å². The lowest BCUT2D eigenvalue weighted by atomic mass is 10.1. The molecular weight excluding hydrogens is 350 g/mol. The smallest absolute Gasteiger partial charge is 0.265 e. The molecule has 0 bridgehead atoms. The van der Waals surface area contributed by atoms with Crippen molar-refractivity contribution in [3.63, 3.8) is 0 Å². The molecule has 0 atom stereocenters. The molecule has 3 aromatic rings. The average molecular weight is 369 g/mol. The number of rotatable bonds is 6. The Bertz CT molecular complexity index is 930. The molecule has 0 aliphatic heterocycles. The number of aromatic nitrogens is 2. The van der Waals surface area contributed by atoms with E-state index in [0.29, 0.717) is 28.0 Å². The first-order chi connectivity index (χ1) is 12.7. The molecular formula is C19H19N3O3S. The van der Waals surface area contributed by atoms with Gasteiger partial charge in [0.25, 0.3) is 5.91 Å². The number of benzene rings is 1. The third-order valence-corrected chi connectivity index (χ3v) is 5.30. The standard InChI is InChI=1S/C19H19N3O3S/c1-24-12-7-8-13(14(10-12)25-2)17-18(16(21-22-17)11-5-6-11)20-19(23)15-4-3-9-26-15/h3-4,7-11H,5-6H2,1-2H3,(H,20,23)(H,21,22). The molecule has 1 fully saturated rings. The number of methoxy groups -OCH3 is 2. The molecule has 1 aliphatic rings. The molecule has 1 aromatic carbocycles. The summed E-state index contributed by atoms with van der Waals surface area (Å²) < 4.78 is 10.8. The minimum Gasteiger partial charge on any atom is -0.497 e. The van der Waals surface area contributed by atoms with Crippen molar-refractivity contribution in [3.8, 4) is 22.8 Å². The predicted octanol–water partition coefficient (Wildman–Crippen LogP) is 4.29. The maximum Gasteiger partial charge on any atom is 0.265 e. The Morgan fingerprint density at radius 1 is 1.27 bits per heavy atom. The topological polar surface area (TPSA) is 76.2 Å². The molecule has 2 aromatic heterocycles. The maximum absolute atomic E-state index is 12.6. The number of H-pyrrole nitrogens is 1. The molecule has 1 saturated carbocycles. The average Bonchev–Trinajstić information content (AvgIpc) is 3.20. The third kappa shape index (κ3) is 3.06. The van der Waals surface area contributed by atoms with Crippen LogP contribution in [0, 0.1) is 0 Å². The number of carbonyl (C=O) groups excluding carboxylic acids is 1. The second kappa shape index (κ2) is 6.84. The van der Waals surface area contributed by atoms with Gasteiger partial charge in [-0.25, -0.2) is 0 Å². The number of carbonyl (C=O) groups is 1. The van der Waals surface area contributed by atoms with E-state index in [1.54, 1.807) is 14.2 Å². The van der Waals surface area contributed by atoms with Crippen LogP contribution in [0.3, 0.4) is 0 Å². The van der Waals surface area contributed by atoms with Crippen molar-refractivity contribution in [3.05, 3.63) is 46.3 Å². The number of nitrogens with one attached hydrogen (secondary N) is 2. The minimum absolute atomic E-state index is 0.128. The molecule has 26 heavy (non-hydrogen) atoms. The SMILES string of the molecule is COc1ccc(-c2n[nH]c(C3CC3)c2NC(=O)c2cccs2)c(OC)c1. The van der Waals surface area contributed by atoms with Crippen molar-refractivity contribution in [2.75, 3.05) is 19.5 Å². The van der Waals surface area contributed by atoms with Crippen LogP contribution in [0.15, 0.2) is 35.7 Å². The molecule has 7 heteroatoms. The van der Waals surface area contributed by atoms with E-state index < -0.39 is 0 Å². The van der Waals surface area contributed by atoms with Gasteiger partial charge in [-0.15, -0.1) is 11.3 Å². The van der Waals surface area contributed by atoms with Crippen LogP contribution in [0.25, 0.3) is 11.3 Å². The van der Waals surface area contributed by atoms with Crippen LogP contribution in [-0.4, -0.2) is 30.3 Å². The number of ether oxygens (including phenoxy) is 2. The fourth-order valence-electron chi connectivity index (χ4n) is 2.92. The monoisotopic (exact) mass is 369 g/mol. The lowest BCUT2D eigenvalue weighted by Crippen LogP contribution is -2.11. The van der Waals surface area contributed by atoms with Crippen molar-refractivity contribution in [2.24, 2.45) is 0 Å². The molecule has 6 nitrogen and oxygen atoms in total. The first-order valence-electron chi connectivity index (χ1n) is 8.36. The number of thiophene rings is 1. The third-order valence-electron chi connectivity index (χ3n) is 4.43. The lowest BCUT2D eigenvalue weighted by Gasteiger charge is -2.11. The van der Waals surface area contributed by atoms with Crippen LogP contribution in [0.5, 0.6) is 11.5 Å². The van der Waals surface area contributed by atoms with Crippen LogP contribution in [0.2, 0.25) is 0 Å². The highest BCUT2D eigenvalue weighted by atomic mass is 32.1. The maximum atomic E-state index is 12.6. The Hall–Kier alpha value is -2.80. The van der Waals surface area contributed by atoms with Gasteiger partial charge in [0.15, 0.2) is 0 Å². The van der Waals surface area contributed by atoms with E-state index in [9.17, 15) is 4.79 Å². The van der Waals surface area contributed by atoms with Gasteiger partial charge in [-0.3, -0.25) is 9.89 Å². The number of anilines is 1. The van der Waals surface area contributed by atoms with E-state index in [2.05, 4.69) is 15.5 Å². The number of hydrogen-bond acceptors (Lipinski definition) is 5. The van der Waals surface area contributed by atoms with Gasteiger partial charge in [0.2, 0.25) is 0 Å². The Morgan fingerprint density at radius 2 is 2.12 bits per heavy atom. The van der Waals surface area contributed by atoms with Crippen molar-refractivity contribution in [1.29, 1.82) is 0 Å². The number of aromatic amines is 1.